The van der Waals surface area contributed by atoms with Crippen LogP contribution in [0.3, 0.4) is 0 Å². The van der Waals surface area contributed by atoms with Gasteiger partial charge in [-0.15, -0.1) is 0 Å². The Hall–Kier alpha value is -0.900. The van der Waals surface area contributed by atoms with E-state index in [1.807, 2.05) is 13.8 Å². The Bertz CT molecular complexity index is 309. The molecule has 0 bridgehead atoms. The van der Waals surface area contributed by atoms with Crippen molar-refractivity contribution < 1.29 is 9.59 Å². The van der Waals surface area contributed by atoms with Crippen molar-refractivity contribution in [1.29, 1.82) is 0 Å². The highest BCUT2D eigenvalue weighted by Gasteiger charge is 2.25. The van der Waals surface area contributed by atoms with Crippen molar-refractivity contribution in [3.8, 4) is 0 Å². The van der Waals surface area contributed by atoms with Gasteiger partial charge in [-0.1, -0.05) is 33.6 Å². The standard InChI is InChI=1S/C15H28N2O2/c1-5-17(13-8-6-7-9-13)10-14(19)16-15(11(2)3)12(4)18/h11,13,15H,5-10H2,1-4H3,(H,16,19). The van der Waals surface area contributed by atoms with E-state index < -0.39 is 0 Å². The number of rotatable bonds is 7. The Balaban J connectivity index is 2.50. The second-order valence-corrected chi connectivity index (χ2v) is 5.90. The number of hydrogen-bond donors (Lipinski definition) is 1. The second kappa shape index (κ2) is 7.63. The van der Waals surface area contributed by atoms with Gasteiger partial charge in [0, 0.05) is 6.04 Å². The highest BCUT2D eigenvalue weighted by molar-refractivity contribution is 5.88. The number of Topliss-reactive ketones (excluding diaryl/α,β-unsaturated/α-hetero) is 1. The van der Waals surface area contributed by atoms with Gasteiger partial charge in [-0.25, -0.2) is 0 Å². The van der Waals surface area contributed by atoms with Crippen molar-refractivity contribution in [3.63, 3.8) is 0 Å². The number of likely N-dealkylation sites (N-methyl/N-ethyl adjacent to an activating group) is 1. The molecule has 0 aromatic heterocycles. The zero-order valence-electron chi connectivity index (χ0n) is 12.7. The van der Waals surface area contributed by atoms with Crippen LogP contribution < -0.4 is 5.32 Å². The maximum Gasteiger partial charge on any atom is 0.234 e. The first-order valence-corrected chi connectivity index (χ1v) is 7.49. The minimum atomic E-state index is -0.352. The van der Waals surface area contributed by atoms with Gasteiger partial charge in [-0.05, 0) is 32.2 Å². The summed E-state index contributed by atoms with van der Waals surface area (Å²) in [6, 6.07) is 0.195. The van der Waals surface area contributed by atoms with Crippen molar-refractivity contribution in [3.05, 3.63) is 0 Å². The smallest absolute Gasteiger partial charge is 0.234 e. The van der Waals surface area contributed by atoms with E-state index in [1.54, 1.807) is 6.92 Å². The zero-order chi connectivity index (χ0) is 14.4. The molecular weight excluding hydrogens is 240 g/mol. The third kappa shape index (κ3) is 4.94. The molecule has 1 fully saturated rings. The van der Waals surface area contributed by atoms with Gasteiger partial charge in [0.1, 0.15) is 0 Å². The first-order chi connectivity index (χ1) is 8.95. The maximum atomic E-state index is 12.1. The average Bonchev–Trinajstić information content (AvgIpc) is 2.85. The van der Waals surface area contributed by atoms with Crippen LogP contribution in [0.25, 0.3) is 0 Å². The van der Waals surface area contributed by atoms with E-state index in [2.05, 4.69) is 17.1 Å². The van der Waals surface area contributed by atoms with Crippen molar-refractivity contribution in [1.82, 2.24) is 10.2 Å². The van der Waals surface area contributed by atoms with Gasteiger partial charge < -0.3 is 5.32 Å². The number of amides is 1. The molecule has 0 radical (unpaired) electrons. The molecule has 0 aromatic rings. The van der Waals surface area contributed by atoms with E-state index >= 15 is 0 Å². The molecule has 1 saturated carbocycles. The molecule has 1 aliphatic rings. The summed E-state index contributed by atoms with van der Waals surface area (Å²) in [6.45, 7) is 8.86. The molecule has 0 spiro atoms. The molecular formula is C15H28N2O2. The fraction of sp³-hybridized carbons (Fsp3) is 0.867. The average molecular weight is 268 g/mol. The topological polar surface area (TPSA) is 49.4 Å². The molecule has 1 amide bonds. The minimum absolute atomic E-state index is 0.0253. The lowest BCUT2D eigenvalue weighted by atomic mass is 10.0. The predicted molar refractivity (Wildman–Crippen MR) is 77.0 cm³/mol. The molecule has 1 N–H and O–H groups in total. The SMILES string of the molecule is CCN(CC(=O)NC(C(C)=O)C(C)C)C1CCCC1. The summed E-state index contributed by atoms with van der Waals surface area (Å²) in [4.78, 5) is 25.8. The van der Waals surface area contributed by atoms with Gasteiger partial charge in [0.2, 0.25) is 5.91 Å². The van der Waals surface area contributed by atoms with E-state index in [0.29, 0.717) is 12.6 Å². The molecule has 19 heavy (non-hydrogen) atoms. The van der Waals surface area contributed by atoms with Gasteiger partial charge in [-0.2, -0.15) is 0 Å². The highest BCUT2D eigenvalue weighted by atomic mass is 16.2. The van der Waals surface area contributed by atoms with E-state index in [-0.39, 0.29) is 23.7 Å². The van der Waals surface area contributed by atoms with Gasteiger partial charge in [0.05, 0.1) is 12.6 Å². The van der Waals surface area contributed by atoms with Crippen LogP contribution in [0.4, 0.5) is 0 Å². The van der Waals surface area contributed by atoms with Gasteiger partial charge >= 0.3 is 0 Å². The summed E-state index contributed by atoms with van der Waals surface area (Å²) >= 11 is 0. The Morgan fingerprint density at radius 3 is 2.26 bits per heavy atom. The predicted octanol–water partition coefficient (Wildman–Crippen LogP) is 1.98. The summed E-state index contributed by atoms with van der Waals surface area (Å²) in [7, 11) is 0. The molecule has 1 atom stereocenters. The van der Waals surface area contributed by atoms with E-state index in [4.69, 9.17) is 0 Å². The zero-order valence-corrected chi connectivity index (χ0v) is 12.7. The number of nitrogens with zero attached hydrogens (tertiary/aromatic N) is 1. The first-order valence-electron chi connectivity index (χ1n) is 7.49. The lowest BCUT2D eigenvalue weighted by molar-refractivity contribution is -0.128. The Morgan fingerprint density at radius 2 is 1.84 bits per heavy atom. The molecule has 0 saturated heterocycles. The normalized spacial score (nSPS) is 18.0. The highest BCUT2D eigenvalue weighted by Crippen LogP contribution is 2.22. The third-order valence-corrected chi connectivity index (χ3v) is 4.02. The number of carbonyl (C=O) groups excluding carboxylic acids is 2. The second-order valence-electron chi connectivity index (χ2n) is 5.90. The summed E-state index contributed by atoms with van der Waals surface area (Å²) in [5.41, 5.74) is 0. The Kier molecular flexibility index (Phi) is 6.49. The molecule has 1 aliphatic carbocycles. The lowest BCUT2D eigenvalue weighted by Crippen LogP contribution is -2.48. The molecule has 1 rings (SSSR count). The first kappa shape index (κ1) is 16.2. The van der Waals surface area contributed by atoms with Crippen LogP contribution >= 0.6 is 0 Å². The minimum Gasteiger partial charge on any atom is -0.345 e. The number of hydrogen-bond acceptors (Lipinski definition) is 3. The van der Waals surface area contributed by atoms with E-state index in [0.717, 1.165) is 6.54 Å². The van der Waals surface area contributed by atoms with Crippen molar-refractivity contribution in [2.75, 3.05) is 13.1 Å². The van der Waals surface area contributed by atoms with Crippen molar-refractivity contribution >= 4 is 11.7 Å². The van der Waals surface area contributed by atoms with Crippen LogP contribution in [0.5, 0.6) is 0 Å². The fourth-order valence-electron chi connectivity index (χ4n) is 2.91. The van der Waals surface area contributed by atoms with Crippen LogP contribution in [0.15, 0.2) is 0 Å². The monoisotopic (exact) mass is 268 g/mol. The number of ketones is 1. The van der Waals surface area contributed by atoms with Crippen molar-refractivity contribution in [2.24, 2.45) is 5.92 Å². The van der Waals surface area contributed by atoms with Crippen LogP contribution in [-0.4, -0.2) is 41.8 Å². The Morgan fingerprint density at radius 1 is 1.26 bits per heavy atom. The van der Waals surface area contributed by atoms with E-state index in [9.17, 15) is 9.59 Å². The lowest BCUT2D eigenvalue weighted by Gasteiger charge is -2.28. The number of carbonyl (C=O) groups is 2. The summed E-state index contributed by atoms with van der Waals surface area (Å²) in [5.74, 6) is 0.151. The summed E-state index contributed by atoms with van der Waals surface area (Å²) < 4.78 is 0. The van der Waals surface area contributed by atoms with Gasteiger partial charge in [0.15, 0.2) is 5.78 Å². The maximum absolute atomic E-state index is 12.1. The third-order valence-electron chi connectivity index (χ3n) is 4.02. The van der Waals surface area contributed by atoms with Crippen LogP contribution in [0.2, 0.25) is 0 Å². The van der Waals surface area contributed by atoms with Crippen LogP contribution in [-0.2, 0) is 9.59 Å². The molecule has 110 valence electrons. The van der Waals surface area contributed by atoms with Crippen LogP contribution in [0.1, 0.15) is 53.4 Å². The largest absolute Gasteiger partial charge is 0.345 e. The van der Waals surface area contributed by atoms with Crippen LogP contribution in [0, 0.1) is 5.92 Å². The molecule has 0 aromatic carbocycles. The summed E-state index contributed by atoms with van der Waals surface area (Å²) in [5, 5.41) is 2.87. The van der Waals surface area contributed by atoms with E-state index in [1.165, 1.54) is 25.7 Å². The fourth-order valence-corrected chi connectivity index (χ4v) is 2.91. The van der Waals surface area contributed by atoms with Crippen molar-refractivity contribution in [2.45, 2.75) is 65.5 Å². The molecule has 0 aliphatic heterocycles. The Labute approximate surface area is 116 Å². The molecule has 4 heteroatoms. The molecule has 4 nitrogen and oxygen atoms in total. The number of nitrogens with one attached hydrogen (secondary N) is 1. The molecule has 1 unspecified atom stereocenters. The summed E-state index contributed by atoms with van der Waals surface area (Å²) in [6.07, 6.45) is 4.93. The van der Waals surface area contributed by atoms with Gasteiger partial charge in [0.25, 0.3) is 0 Å². The van der Waals surface area contributed by atoms with Gasteiger partial charge in [-0.3, -0.25) is 14.5 Å². The quantitative estimate of drug-likeness (QED) is 0.768. The molecule has 0 heterocycles.